The van der Waals surface area contributed by atoms with E-state index in [1.54, 1.807) is 62.5 Å². The number of carbonyl (C=O) groups is 3. The number of rotatable bonds is 6. The van der Waals surface area contributed by atoms with Crippen molar-refractivity contribution in [2.45, 2.75) is 32.4 Å². The summed E-state index contributed by atoms with van der Waals surface area (Å²) in [6.45, 7) is 5.16. The molecule has 0 saturated carbocycles. The van der Waals surface area contributed by atoms with Crippen LogP contribution in [-0.2, 0) is 10.2 Å². The number of nitrogens with zero attached hydrogens (tertiary/aromatic N) is 3. The maximum Gasteiger partial charge on any atom is 0.471 e. The Morgan fingerprint density at radius 1 is 0.950 bits per heavy atom. The van der Waals surface area contributed by atoms with Gasteiger partial charge in [-0.3, -0.25) is 14.4 Å². The van der Waals surface area contributed by atoms with Crippen LogP contribution in [0.3, 0.4) is 0 Å². The summed E-state index contributed by atoms with van der Waals surface area (Å²) in [4.78, 5) is 45.7. The molecule has 2 aromatic carbocycles. The second-order valence-corrected chi connectivity index (χ2v) is 10.2. The molecule has 13 heteroatoms. The number of nitriles is 1. The molecule has 2 heterocycles. The lowest BCUT2D eigenvalue weighted by Crippen LogP contribution is -2.30. The van der Waals surface area contributed by atoms with Crippen LogP contribution in [0.5, 0.6) is 0 Å². The number of benzene rings is 2. The number of halogens is 3. The van der Waals surface area contributed by atoms with Gasteiger partial charge in [0.05, 0.1) is 17.2 Å². The molecule has 4 rings (SSSR count). The fourth-order valence-electron chi connectivity index (χ4n) is 3.62. The summed E-state index contributed by atoms with van der Waals surface area (Å²) in [5, 5.41) is 16.5. The molecule has 0 aliphatic rings. The SMILES string of the molecule is Cc1ccc(NC(=O)c2cccc(C(C)(C)C#N)c2)cc1NC(=O)c1sc2nccnc2c1NC(=O)C(F)(F)F. The molecule has 3 N–H and O–H groups in total. The lowest BCUT2D eigenvalue weighted by molar-refractivity contribution is -0.167. The third-order valence-electron chi connectivity index (χ3n) is 5.90. The molecule has 0 atom stereocenters. The first kappa shape index (κ1) is 28.2. The minimum Gasteiger partial charge on any atom is -0.322 e. The van der Waals surface area contributed by atoms with E-state index in [4.69, 9.17) is 0 Å². The van der Waals surface area contributed by atoms with Crippen molar-refractivity contribution in [2.24, 2.45) is 0 Å². The van der Waals surface area contributed by atoms with Crippen LogP contribution in [0.1, 0.15) is 45.0 Å². The van der Waals surface area contributed by atoms with Crippen LogP contribution >= 0.6 is 11.3 Å². The van der Waals surface area contributed by atoms with E-state index in [0.29, 0.717) is 22.4 Å². The average molecular weight is 567 g/mol. The van der Waals surface area contributed by atoms with Crippen LogP contribution in [0.4, 0.5) is 30.2 Å². The topological polar surface area (TPSA) is 137 Å². The number of aryl methyl sites for hydroxylation is 1. The fourth-order valence-corrected chi connectivity index (χ4v) is 4.57. The first-order chi connectivity index (χ1) is 18.8. The van der Waals surface area contributed by atoms with E-state index in [2.05, 4.69) is 26.7 Å². The van der Waals surface area contributed by atoms with Crippen LogP contribution in [0.25, 0.3) is 10.3 Å². The lowest BCUT2D eigenvalue weighted by atomic mass is 9.85. The highest BCUT2D eigenvalue weighted by Gasteiger charge is 2.40. The standard InChI is InChI=1S/C27H21F3N6O3S/c1-14-7-8-17(34-22(37)15-5-4-6-16(11-15)26(2,3)13-31)12-18(14)35-23(38)21-19(36-25(39)27(28,29)30)20-24(40-21)33-10-9-32-20/h4-12H,1-3H3,(H,34,37)(H,35,38)(H,36,39). The molecule has 40 heavy (non-hydrogen) atoms. The third-order valence-corrected chi connectivity index (χ3v) is 6.98. The van der Waals surface area contributed by atoms with Crippen molar-refractivity contribution in [2.75, 3.05) is 16.0 Å². The van der Waals surface area contributed by atoms with E-state index in [9.17, 15) is 32.8 Å². The van der Waals surface area contributed by atoms with Gasteiger partial charge in [-0.2, -0.15) is 18.4 Å². The zero-order chi connectivity index (χ0) is 29.2. The van der Waals surface area contributed by atoms with Crippen LogP contribution in [0.2, 0.25) is 0 Å². The number of anilines is 3. The molecule has 3 amide bonds. The van der Waals surface area contributed by atoms with Gasteiger partial charge >= 0.3 is 12.1 Å². The van der Waals surface area contributed by atoms with E-state index >= 15 is 0 Å². The molecule has 0 aliphatic heterocycles. The minimum absolute atomic E-state index is 0.0604. The van der Waals surface area contributed by atoms with Gasteiger partial charge in [-0.1, -0.05) is 18.2 Å². The average Bonchev–Trinajstić information content (AvgIpc) is 3.28. The number of fused-ring (bicyclic) bond motifs is 1. The predicted octanol–water partition coefficient (Wildman–Crippen LogP) is 5.81. The number of aromatic nitrogens is 2. The molecule has 0 saturated heterocycles. The lowest BCUT2D eigenvalue weighted by Gasteiger charge is -2.17. The normalized spacial score (nSPS) is 11.5. The van der Waals surface area contributed by atoms with Gasteiger partial charge in [0.1, 0.15) is 15.2 Å². The fraction of sp³-hybridized carbons (Fsp3) is 0.185. The molecule has 4 aromatic rings. The van der Waals surface area contributed by atoms with E-state index in [1.165, 1.54) is 18.5 Å². The molecule has 0 unspecified atom stereocenters. The number of amides is 3. The first-order valence-electron chi connectivity index (χ1n) is 11.7. The molecule has 0 aliphatic carbocycles. The maximum absolute atomic E-state index is 13.2. The van der Waals surface area contributed by atoms with Crippen molar-refractivity contribution < 1.29 is 27.6 Å². The quantitative estimate of drug-likeness (QED) is 0.270. The van der Waals surface area contributed by atoms with Gasteiger partial charge in [0, 0.05) is 29.3 Å². The second-order valence-electron chi connectivity index (χ2n) is 9.22. The Bertz CT molecular complexity index is 1690. The minimum atomic E-state index is -5.18. The van der Waals surface area contributed by atoms with Crippen molar-refractivity contribution in [1.82, 2.24) is 9.97 Å². The number of carbonyl (C=O) groups excluding carboxylic acids is 3. The molecule has 0 radical (unpaired) electrons. The van der Waals surface area contributed by atoms with Gasteiger partial charge in [-0.05, 0) is 56.2 Å². The largest absolute Gasteiger partial charge is 0.471 e. The summed E-state index contributed by atoms with van der Waals surface area (Å²) in [5.74, 6) is -3.51. The summed E-state index contributed by atoms with van der Waals surface area (Å²) in [7, 11) is 0. The van der Waals surface area contributed by atoms with Gasteiger partial charge in [-0.15, -0.1) is 11.3 Å². The molecule has 204 valence electrons. The van der Waals surface area contributed by atoms with E-state index in [1.807, 2.05) is 0 Å². The second kappa shape index (κ2) is 10.7. The first-order valence-corrected chi connectivity index (χ1v) is 12.5. The molecule has 2 aromatic heterocycles. The number of hydrogen-bond donors (Lipinski definition) is 3. The van der Waals surface area contributed by atoms with E-state index in [-0.39, 0.29) is 20.9 Å². The van der Waals surface area contributed by atoms with Crippen molar-refractivity contribution in [1.29, 1.82) is 5.26 Å². The van der Waals surface area contributed by atoms with E-state index in [0.717, 1.165) is 11.3 Å². The number of hydrogen-bond acceptors (Lipinski definition) is 7. The zero-order valence-electron chi connectivity index (χ0n) is 21.3. The van der Waals surface area contributed by atoms with Crippen LogP contribution in [-0.4, -0.2) is 33.9 Å². The monoisotopic (exact) mass is 566 g/mol. The smallest absolute Gasteiger partial charge is 0.322 e. The van der Waals surface area contributed by atoms with Crippen molar-refractivity contribution in [3.8, 4) is 6.07 Å². The van der Waals surface area contributed by atoms with Crippen molar-refractivity contribution in [3.63, 3.8) is 0 Å². The number of alkyl halides is 3. The van der Waals surface area contributed by atoms with Crippen LogP contribution < -0.4 is 16.0 Å². The van der Waals surface area contributed by atoms with Gasteiger partial charge < -0.3 is 16.0 Å². The summed E-state index contributed by atoms with van der Waals surface area (Å²) in [5.41, 5.74) is 0.929. The highest BCUT2D eigenvalue weighted by atomic mass is 32.1. The van der Waals surface area contributed by atoms with Gasteiger partial charge in [0.15, 0.2) is 0 Å². The maximum atomic E-state index is 13.2. The highest BCUT2D eigenvalue weighted by molar-refractivity contribution is 7.21. The Balaban J connectivity index is 1.60. The highest BCUT2D eigenvalue weighted by Crippen LogP contribution is 2.35. The molecule has 0 spiro atoms. The summed E-state index contributed by atoms with van der Waals surface area (Å²) in [6.07, 6.45) is -2.65. The Morgan fingerprint density at radius 2 is 1.68 bits per heavy atom. The predicted molar refractivity (Wildman–Crippen MR) is 144 cm³/mol. The van der Waals surface area contributed by atoms with Crippen molar-refractivity contribution in [3.05, 3.63) is 76.4 Å². The Kier molecular flexibility index (Phi) is 7.57. The summed E-state index contributed by atoms with van der Waals surface area (Å²) in [6, 6.07) is 13.6. The Hall–Kier alpha value is -4.83. The van der Waals surface area contributed by atoms with E-state index < -0.39 is 35.0 Å². The Labute approximate surface area is 230 Å². The zero-order valence-corrected chi connectivity index (χ0v) is 22.1. The molecule has 9 nitrogen and oxygen atoms in total. The van der Waals surface area contributed by atoms with Crippen LogP contribution in [0, 0.1) is 18.3 Å². The number of thiophene rings is 1. The van der Waals surface area contributed by atoms with Gasteiger partial charge in [0.25, 0.3) is 11.8 Å². The van der Waals surface area contributed by atoms with Gasteiger partial charge in [-0.25, -0.2) is 9.97 Å². The number of nitrogens with one attached hydrogen (secondary N) is 3. The Morgan fingerprint density at radius 3 is 2.38 bits per heavy atom. The van der Waals surface area contributed by atoms with Crippen LogP contribution in [0.15, 0.2) is 54.9 Å². The van der Waals surface area contributed by atoms with Gasteiger partial charge in [0.2, 0.25) is 0 Å². The summed E-state index contributed by atoms with van der Waals surface area (Å²) >= 11 is 0.767. The molecular weight excluding hydrogens is 545 g/mol. The molecule has 0 bridgehead atoms. The summed E-state index contributed by atoms with van der Waals surface area (Å²) < 4.78 is 38.8. The van der Waals surface area contributed by atoms with Crippen molar-refractivity contribution >= 4 is 56.5 Å². The molecular formula is C27H21F3N6O3S. The third kappa shape index (κ3) is 5.92. The molecule has 0 fully saturated rings.